The summed E-state index contributed by atoms with van der Waals surface area (Å²) in [7, 11) is 0. The van der Waals surface area contributed by atoms with Gasteiger partial charge in [0.25, 0.3) is 5.91 Å². The van der Waals surface area contributed by atoms with E-state index in [0.717, 1.165) is 35.3 Å². The summed E-state index contributed by atoms with van der Waals surface area (Å²) in [5.74, 6) is -0.583. The van der Waals surface area contributed by atoms with Crippen molar-refractivity contribution in [1.82, 2.24) is 15.1 Å². The number of benzene rings is 3. The molecule has 184 valence electrons. The molecule has 1 heterocycles. The number of nitrogens with zero attached hydrogens (tertiary/aromatic N) is 2. The van der Waals surface area contributed by atoms with Crippen molar-refractivity contribution < 1.29 is 14.3 Å². The van der Waals surface area contributed by atoms with Crippen molar-refractivity contribution in [1.29, 1.82) is 0 Å². The van der Waals surface area contributed by atoms with Crippen LogP contribution in [0.5, 0.6) is 0 Å². The van der Waals surface area contributed by atoms with E-state index in [1.165, 1.54) is 5.56 Å². The van der Waals surface area contributed by atoms with Gasteiger partial charge in [0.2, 0.25) is 0 Å². The largest absolute Gasteiger partial charge is 0.461 e. The molecule has 1 atom stereocenters. The molecule has 6 nitrogen and oxygen atoms in total. The number of esters is 1. The first-order valence-corrected chi connectivity index (χ1v) is 12.2. The summed E-state index contributed by atoms with van der Waals surface area (Å²) in [5, 5.41) is 7.61. The highest BCUT2D eigenvalue weighted by molar-refractivity contribution is 5.94. The van der Waals surface area contributed by atoms with E-state index in [1.54, 1.807) is 29.8 Å². The summed E-state index contributed by atoms with van der Waals surface area (Å²) < 4.78 is 6.89. The standard InChI is InChI=1S/C30H31N3O3/c1-4-36-30(35)27-20-28(26-13-9-8-10-21(26)2)33(32-27)25-18-16-24(17-19-25)29(34)31-22(3)14-15-23-11-6-5-7-12-23/h5-13,16-20,22H,4,14-15H2,1-3H3,(H,31,34)/t22-/m0/s1. The maximum Gasteiger partial charge on any atom is 0.358 e. The normalized spacial score (nSPS) is 11.6. The fourth-order valence-electron chi connectivity index (χ4n) is 4.10. The van der Waals surface area contributed by atoms with E-state index in [4.69, 9.17) is 4.74 Å². The Labute approximate surface area is 211 Å². The van der Waals surface area contributed by atoms with E-state index < -0.39 is 5.97 Å². The number of carbonyl (C=O) groups excluding carboxylic acids is 2. The van der Waals surface area contributed by atoms with Gasteiger partial charge < -0.3 is 10.1 Å². The van der Waals surface area contributed by atoms with Crippen LogP contribution < -0.4 is 5.32 Å². The van der Waals surface area contributed by atoms with Gasteiger partial charge in [-0.15, -0.1) is 0 Å². The Kier molecular flexibility index (Phi) is 7.95. The molecule has 1 N–H and O–H groups in total. The zero-order valence-electron chi connectivity index (χ0n) is 20.9. The Hall–Kier alpha value is -4.19. The van der Waals surface area contributed by atoms with Gasteiger partial charge in [-0.25, -0.2) is 9.48 Å². The number of hydrogen-bond donors (Lipinski definition) is 1. The number of carbonyl (C=O) groups is 2. The predicted octanol–water partition coefficient (Wildman–Crippen LogP) is 5.78. The Bertz CT molecular complexity index is 1330. The lowest BCUT2D eigenvalue weighted by Gasteiger charge is -2.14. The fraction of sp³-hybridized carbons (Fsp3) is 0.233. The highest BCUT2D eigenvalue weighted by atomic mass is 16.5. The lowest BCUT2D eigenvalue weighted by atomic mass is 10.1. The summed E-state index contributed by atoms with van der Waals surface area (Å²) in [6.07, 6.45) is 1.77. The highest BCUT2D eigenvalue weighted by Gasteiger charge is 2.19. The van der Waals surface area contributed by atoms with Crippen molar-refractivity contribution in [2.24, 2.45) is 0 Å². The van der Waals surface area contributed by atoms with Gasteiger partial charge in [0, 0.05) is 17.2 Å². The summed E-state index contributed by atoms with van der Waals surface area (Å²) in [6, 6.07) is 27.2. The number of aromatic nitrogens is 2. The number of rotatable bonds is 9. The third kappa shape index (κ3) is 5.89. The summed E-state index contributed by atoms with van der Waals surface area (Å²) in [4.78, 5) is 25.2. The van der Waals surface area contributed by atoms with Crippen LogP contribution in [0.15, 0.2) is 84.9 Å². The van der Waals surface area contributed by atoms with Gasteiger partial charge in [0.05, 0.1) is 18.0 Å². The number of hydrogen-bond acceptors (Lipinski definition) is 4. The minimum Gasteiger partial charge on any atom is -0.461 e. The lowest BCUT2D eigenvalue weighted by Crippen LogP contribution is -2.32. The Balaban J connectivity index is 1.52. The van der Waals surface area contributed by atoms with E-state index in [0.29, 0.717) is 5.56 Å². The zero-order valence-corrected chi connectivity index (χ0v) is 20.9. The molecule has 0 aliphatic rings. The van der Waals surface area contributed by atoms with Crippen LogP contribution in [-0.4, -0.2) is 34.3 Å². The molecule has 6 heteroatoms. The predicted molar refractivity (Wildman–Crippen MR) is 141 cm³/mol. The molecule has 36 heavy (non-hydrogen) atoms. The molecule has 4 rings (SSSR count). The number of amides is 1. The first-order valence-electron chi connectivity index (χ1n) is 12.2. The van der Waals surface area contributed by atoms with Crippen LogP contribution in [-0.2, 0) is 11.2 Å². The van der Waals surface area contributed by atoms with Crippen molar-refractivity contribution in [3.8, 4) is 16.9 Å². The van der Waals surface area contributed by atoms with E-state index in [1.807, 2.05) is 68.4 Å². The third-order valence-corrected chi connectivity index (χ3v) is 6.08. The van der Waals surface area contributed by atoms with E-state index in [-0.39, 0.29) is 24.2 Å². The third-order valence-electron chi connectivity index (χ3n) is 6.08. The molecular formula is C30H31N3O3. The maximum absolute atomic E-state index is 12.8. The Morgan fingerprint density at radius 2 is 1.67 bits per heavy atom. The van der Waals surface area contributed by atoms with Gasteiger partial charge >= 0.3 is 5.97 Å². The first kappa shape index (κ1) is 24.9. The van der Waals surface area contributed by atoms with Gasteiger partial charge in [-0.1, -0.05) is 54.6 Å². The Morgan fingerprint density at radius 1 is 0.972 bits per heavy atom. The van der Waals surface area contributed by atoms with E-state index in [2.05, 4.69) is 22.5 Å². The SMILES string of the molecule is CCOC(=O)c1cc(-c2ccccc2C)n(-c2ccc(C(=O)N[C@@H](C)CCc3ccccc3)cc2)n1. The Morgan fingerprint density at radius 3 is 2.36 bits per heavy atom. The molecule has 0 saturated heterocycles. The number of ether oxygens (including phenoxy) is 1. The van der Waals surface area contributed by atoms with E-state index >= 15 is 0 Å². The van der Waals surface area contributed by atoms with Crippen molar-refractivity contribution >= 4 is 11.9 Å². The molecule has 1 aromatic heterocycles. The quantitative estimate of drug-likeness (QED) is 0.308. The molecule has 0 fully saturated rings. The molecule has 4 aromatic rings. The van der Waals surface area contributed by atoms with Crippen LogP contribution in [0.3, 0.4) is 0 Å². The fourth-order valence-corrected chi connectivity index (χ4v) is 4.10. The smallest absolute Gasteiger partial charge is 0.358 e. The molecule has 0 radical (unpaired) electrons. The second-order valence-corrected chi connectivity index (χ2v) is 8.81. The molecule has 0 unspecified atom stereocenters. The number of nitrogens with one attached hydrogen (secondary N) is 1. The molecule has 0 saturated carbocycles. The van der Waals surface area contributed by atoms with E-state index in [9.17, 15) is 9.59 Å². The molecule has 0 aliphatic carbocycles. The minimum atomic E-state index is -0.466. The molecule has 1 amide bonds. The summed E-state index contributed by atoms with van der Waals surface area (Å²) in [6.45, 7) is 6.08. The topological polar surface area (TPSA) is 73.2 Å². The van der Waals surface area contributed by atoms with Crippen molar-refractivity contribution in [2.45, 2.75) is 39.7 Å². The molecule has 0 spiro atoms. The van der Waals surface area contributed by atoms with Crippen LogP contribution in [0.4, 0.5) is 0 Å². The molecule has 3 aromatic carbocycles. The van der Waals surface area contributed by atoms with Gasteiger partial charge in [-0.05, 0) is 75.1 Å². The van der Waals surface area contributed by atoms with Crippen molar-refractivity contribution in [2.75, 3.05) is 6.61 Å². The average molecular weight is 482 g/mol. The minimum absolute atomic E-state index is 0.0447. The second-order valence-electron chi connectivity index (χ2n) is 8.81. The van der Waals surface area contributed by atoms with Crippen LogP contribution in [0.25, 0.3) is 16.9 Å². The zero-order chi connectivity index (χ0) is 25.5. The summed E-state index contributed by atoms with van der Waals surface area (Å²) >= 11 is 0. The monoisotopic (exact) mass is 481 g/mol. The van der Waals surface area contributed by atoms with Gasteiger partial charge in [-0.3, -0.25) is 4.79 Å². The van der Waals surface area contributed by atoms with Gasteiger partial charge in [-0.2, -0.15) is 5.10 Å². The second kappa shape index (κ2) is 11.5. The number of aryl methyl sites for hydroxylation is 2. The average Bonchev–Trinajstić information content (AvgIpc) is 3.34. The highest BCUT2D eigenvalue weighted by Crippen LogP contribution is 2.27. The van der Waals surface area contributed by atoms with Crippen molar-refractivity contribution in [3.05, 3.63) is 107 Å². The van der Waals surface area contributed by atoms with Gasteiger partial charge in [0.15, 0.2) is 5.69 Å². The maximum atomic E-state index is 12.8. The van der Waals surface area contributed by atoms with Gasteiger partial charge in [0.1, 0.15) is 0 Å². The molecule has 0 bridgehead atoms. The van der Waals surface area contributed by atoms with Crippen LogP contribution >= 0.6 is 0 Å². The lowest BCUT2D eigenvalue weighted by molar-refractivity contribution is 0.0518. The van der Waals surface area contributed by atoms with Crippen LogP contribution in [0.1, 0.15) is 52.2 Å². The summed E-state index contributed by atoms with van der Waals surface area (Å²) in [5.41, 5.74) is 5.63. The molecular weight excluding hydrogens is 450 g/mol. The van der Waals surface area contributed by atoms with Crippen LogP contribution in [0.2, 0.25) is 0 Å². The van der Waals surface area contributed by atoms with Crippen LogP contribution in [0, 0.1) is 6.92 Å². The first-order chi connectivity index (χ1) is 17.5. The molecule has 0 aliphatic heterocycles. The van der Waals surface area contributed by atoms with Crippen molar-refractivity contribution in [3.63, 3.8) is 0 Å².